The number of esters is 1. The number of benzene rings is 1. The second-order valence-electron chi connectivity index (χ2n) is 5.67. The van der Waals surface area contributed by atoms with Crippen molar-refractivity contribution in [1.29, 1.82) is 0 Å². The van der Waals surface area contributed by atoms with E-state index in [1.807, 2.05) is 0 Å². The molecule has 134 valence electrons. The second kappa shape index (κ2) is 8.27. The first-order valence-corrected chi connectivity index (χ1v) is 7.93. The number of hydrogen-bond acceptors (Lipinski definition) is 6. The number of rotatable bonds is 7. The van der Waals surface area contributed by atoms with Crippen molar-refractivity contribution in [2.24, 2.45) is 0 Å². The Bertz CT molecular complexity index is 673. The molecule has 1 aromatic carbocycles. The third-order valence-electron chi connectivity index (χ3n) is 3.83. The third-order valence-corrected chi connectivity index (χ3v) is 3.83. The van der Waals surface area contributed by atoms with E-state index in [1.165, 1.54) is 18.9 Å². The Morgan fingerprint density at radius 1 is 1.24 bits per heavy atom. The molecule has 0 bridgehead atoms. The van der Waals surface area contributed by atoms with Crippen LogP contribution in [0.5, 0.6) is 0 Å². The minimum absolute atomic E-state index is 0.0315. The fourth-order valence-corrected chi connectivity index (χ4v) is 2.60. The summed E-state index contributed by atoms with van der Waals surface area (Å²) in [6.07, 6.45) is 0.460. The van der Waals surface area contributed by atoms with Crippen molar-refractivity contribution in [3.63, 3.8) is 0 Å². The van der Waals surface area contributed by atoms with E-state index in [9.17, 15) is 19.2 Å². The van der Waals surface area contributed by atoms with Crippen molar-refractivity contribution >= 4 is 35.1 Å². The summed E-state index contributed by atoms with van der Waals surface area (Å²) in [6.45, 7) is 1.86. The lowest BCUT2D eigenvalue weighted by Gasteiger charge is -2.26. The SMILES string of the molecule is COC(=O)CN(CCN1C(=O)CCC1=O)c1cccc(NC(C)=O)c1. The van der Waals surface area contributed by atoms with E-state index in [0.29, 0.717) is 11.4 Å². The van der Waals surface area contributed by atoms with Gasteiger partial charge < -0.3 is 15.0 Å². The van der Waals surface area contributed by atoms with Gasteiger partial charge in [-0.15, -0.1) is 0 Å². The van der Waals surface area contributed by atoms with Crippen LogP contribution >= 0.6 is 0 Å². The molecule has 0 atom stereocenters. The standard InChI is InChI=1S/C17H21N3O5/c1-12(21)18-13-4-3-5-14(10-13)19(11-17(24)25-2)8-9-20-15(22)6-7-16(20)23/h3-5,10H,6-9,11H2,1-2H3,(H,18,21). The van der Waals surface area contributed by atoms with Crippen LogP contribution in [0.1, 0.15) is 19.8 Å². The van der Waals surface area contributed by atoms with E-state index < -0.39 is 5.97 Å². The van der Waals surface area contributed by atoms with Crippen molar-refractivity contribution in [2.75, 3.05) is 37.0 Å². The lowest BCUT2D eigenvalue weighted by Crippen LogP contribution is -2.40. The molecule has 0 radical (unpaired) electrons. The minimum Gasteiger partial charge on any atom is -0.468 e. The molecule has 2 rings (SSSR count). The van der Waals surface area contributed by atoms with Crippen LogP contribution in [0.4, 0.5) is 11.4 Å². The molecule has 1 aliphatic rings. The van der Waals surface area contributed by atoms with Gasteiger partial charge in [-0.3, -0.25) is 24.1 Å². The molecule has 1 saturated heterocycles. The van der Waals surface area contributed by atoms with Crippen LogP contribution in [0.3, 0.4) is 0 Å². The molecule has 1 fully saturated rings. The predicted octanol–water partition coefficient (Wildman–Crippen LogP) is 0.773. The molecule has 0 saturated carbocycles. The largest absolute Gasteiger partial charge is 0.468 e. The summed E-state index contributed by atoms with van der Waals surface area (Å²) in [5.74, 6) is -1.04. The van der Waals surface area contributed by atoms with Gasteiger partial charge in [0.15, 0.2) is 0 Å². The number of likely N-dealkylation sites (tertiary alicyclic amines) is 1. The smallest absolute Gasteiger partial charge is 0.325 e. The van der Waals surface area contributed by atoms with Gasteiger partial charge in [-0.2, -0.15) is 0 Å². The number of carbonyl (C=O) groups is 4. The van der Waals surface area contributed by atoms with E-state index >= 15 is 0 Å². The Morgan fingerprint density at radius 3 is 2.52 bits per heavy atom. The van der Waals surface area contributed by atoms with Gasteiger partial charge in [-0.05, 0) is 18.2 Å². The van der Waals surface area contributed by atoms with Crippen molar-refractivity contribution in [3.05, 3.63) is 24.3 Å². The first kappa shape index (κ1) is 18.4. The third kappa shape index (κ3) is 5.03. The summed E-state index contributed by atoms with van der Waals surface area (Å²) >= 11 is 0. The van der Waals surface area contributed by atoms with Crippen LogP contribution in [0.25, 0.3) is 0 Å². The molecular formula is C17H21N3O5. The Balaban J connectivity index is 2.14. The summed E-state index contributed by atoms with van der Waals surface area (Å²) in [5.41, 5.74) is 1.27. The number of hydrogen-bond donors (Lipinski definition) is 1. The number of nitrogens with zero attached hydrogens (tertiary/aromatic N) is 2. The van der Waals surface area contributed by atoms with Crippen molar-refractivity contribution in [3.8, 4) is 0 Å². The van der Waals surface area contributed by atoms with Gasteiger partial charge in [0.2, 0.25) is 17.7 Å². The predicted molar refractivity (Wildman–Crippen MR) is 90.9 cm³/mol. The van der Waals surface area contributed by atoms with E-state index in [1.54, 1.807) is 29.2 Å². The number of anilines is 2. The second-order valence-corrected chi connectivity index (χ2v) is 5.67. The first-order chi connectivity index (χ1) is 11.9. The summed E-state index contributed by atoms with van der Waals surface area (Å²) in [7, 11) is 1.29. The highest BCUT2D eigenvalue weighted by molar-refractivity contribution is 6.02. The van der Waals surface area contributed by atoms with E-state index in [2.05, 4.69) is 5.32 Å². The summed E-state index contributed by atoms with van der Waals surface area (Å²) in [4.78, 5) is 49.3. The van der Waals surface area contributed by atoms with Crippen molar-refractivity contribution in [2.45, 2.75) is 19.8 Å². The van der Waals surface area contributed by atoms with Crippen LogP contribution in [-0.2, 0) is 23.9 Å². The Labute approximate surface area is 145 Å². The lowest BCUT2D eigenvalue weighted by molar-refractivity contribution is -0.139. The molecule has 8 nitrogen and oxygen atoms in total. The summed E-state index contributed by atoms with van der Waals surface area (Å²) in [5, 5.41) is 2.68. The number of amides is 3. The Hall–Kier alpha value is -2.90. The topological polar surface area (TPSA) is 96.0 Å². The summed E-state index contributed by atoms with van der Waals surface area (Å²) in [6, 6.07) is 6.98. The fourth-order valence-electron chi connectivity index (χ4n) is 2.60. The number of ether oxygens (including phenoxy) is 1. The molecule has 25 heavy (non-hydrogen) atoms. The monoisotopic (exact) mass is 347 g/mol. The molecule has 1 N–H and O–H groups in total. The number of methoxy groups -OCH3 is 1. The number of nitrogens with one attached hydrogen (secondary N) is 1. The van der Waals surface area contributed by atoms with Crippen LogP contribution in [0, 0.1) is 0 Å². The van der Waals surface area contributed by atoms with Gasteiger partial charge in [0.25, 0.3) is 0 Å². The quantitative estimate of drug-likeness (QED) is 0.578. The zero-order chi connectivity index (χ0) is 18.4. The molecule has 0 spiro atoms. The average Bonchev–Trinajstić information content (AvgIpc) is 2.89. The maximum atomic E-state index is 11.7. The van der Waals surface area contributed by atoms with Gasteiger partial charge in [-0.25, -0.2) is 0 Å². The van der Waals surface area contributed by atoms with Gasteiger partial charge >= 0.3 is 5.97 Å². The zero-order valence-electron chi connectivity index (χ0n) is 14.3. The molecule has 1 heterocycles. The Kier molecular flexibility index (Phi) is 6.10. The van der Waals surface area contributed by atoms with E-state index in [-0.39, 0.29) is 50.2 Å². The highest BCUT2D eigenvalue weighted by Crippen LogP contribution is 2.20. The van der Waals surface area contributed by atoms with Crippen molar-refractivity contribution in [1.82, 2.24) is 4.90 Å². The van der Waals surface area contributed by atoms with E-state index in [0.717, 1.165) is 0 Å². The van der Waals surface area contributed by atoms with Crippen LogP contribution < -0.4 is 10.2 Å². The van der Waals surface area contributed by atoms with Gasteiger partial charge in [-0.1, -0.05) is 6.07 Å². The van der Waals surface area contributed by atoms with Gasteiger partial charge in [0.05, 0.1) is 7.11 Å². The molecule has 0 aliphatic carbocycles. The molecule has 0 aromatic heterocycles. The maximum absolute atomic E-state index is 11.7. The van der Waals surface area contributed by atoms with Crippen LogP contribution in [0.2, 0.25) is 0 Å². The van der Waals surface area contributed by atoms with Crippen LogP contribution in [-0.4, -0.2) is 55.3 Å². The fraction of sp³-hybridized carbons (Fsp3) is 0.412. The molecular weight excluding hydrogens is 326 g/mol. The average molecular weight is 347 g/mol. The molecule has 3 amide bonds. The first-order valence-electron chi connectivity index (χ1n) is 7.93. The minimum atomic E-state index is -0.441. The summed E-state index contributed by atoms with van der Waals surface area (Å²) < 4.78 is 4.71. The normalized spacial score (nSPS) is 13.8. The van der Waals surface area contributed by atoms with Gasteiger partial charge in [0, 0.05) is 44.2 Å². The molecule has 1 aromatic rings. The highest BCUT2D eigenvalue weighted by atomic mass is 16.5. The van der Waals surface area contributed by atoms with Crippen LogP contribution in [0.15, 0.2) is 24.3 Å². The number of carbonyl (C=O) groups excluding carboxylic acids is 4. The van der Waals surface area contributed by atoms with E-state index in [4.69, 9.17) is 4.74 Å². The number of imide groups is 1. The maximum Gasteiger partial charge on any atom is 0.325 e. The van der Waals surface area contributed by atoms with Crippen molar-refractivity contribution < 1.29 is 23.9 Å². The zero-order valence-corrected chi connectivity index (χ0v) is 14.3. The highest BCUT2D eigenvalue weighted by Gasteiger charge is 2.29. The van der Waals surface area contributed by atoms with Gasteiger partial charge in [0.1, 0.15) is 6.54 Å². The molecule has 0 unspecified atom stereocenters. The Morgan fingerprint density at radius 2 is 1.92 bits per heavy atom. The molecule has 1 aliphatic heterocycles. The molecule has 8 heteroatoms. The lowest BCUT2D eigenvalue weighted by atomic mass is 10.2.